The molecule has 8 heteroatoms. The number of carbonyl (C=O) groups is 1. The lowest BCUT2D eigenvalue weighted by molar-refractivity contribution is -0.116. The summed E-state index contributed by atoms with van der Waals surface area (Å²) in [6.45, 7) is 2.00. The topological polar surface area (TPSA) is 78.8 Å². The Morgan fingerprint density at radius 3 is 2.70 bits per heavy atom. The number of ether oxygens (including phenoxy) is 3. The van der Waals surface area contributed by atoms with Crippen LogP contribution < -0.4 is 25.0 Å². The maximum Gasteiger partial charge on any atom is 0.244 e. The number of hydrogen-bond donors (Lipinski definition) is 1. The molecular formula is C22H19FN2O5. The summed E-state index contributed by atoms with van der Waals surface area (Å²) in [6.07, 6.45) is 1.50. The van der Waals surface area contributed by atoms with Crippen LogP contribution in [0.3, 0.4) is 0 Å². The van der Waals surface area contributed by atoms with Gasteiger partial charge in [-0.25, -0.2) is 4.39 Å². The molecule has 0 unspecified atom stereocenters. The van der Waals surface area contributed by atoms with Crippen molar-refractivity contribution in [3.63, 3.8) is 0 Å². The first-order valence-electron chi connectivity index (χ1n) is 9.26. The highest BCUT2D eigenvalue weighted by atomic mass is 19.1. The number of amides is 1. The van der Waals surface area contributed by atoms with Crippen molar-refractivity contribution in [1.82, 2.24) is 4.57 Å². The van der Waals surface area contributed by atoms with Crippen molar-refractivity contribution < 1.29 is 23.4 Å². The van der Waals surface area contributed by atoms with E-state index in [0.29, 0.717) is 22.9 Å². The Morgan fingerprint density at radius 2 is 1.90 bits per heavy atom. The van der Waals surface area contributed by atoms with Crippen molar-refractivity contribution in [3.05, 3.63) is 82.0 Å². The number of pyridine rings is 1. The lowest BCUT2D eigenvalue weighted by Gasteiger charge is -2.14. The maximum atomic E-state index is 13.0. The molecule has 2 aromatic carbocycles. The van der Waals surface area contributed by atoms with Gasteiger partial charge in [0.2, 0.25) is 18.1 Å². The van der Waals surface area contributed by atoms with Crippen LogP contribution in [0.2, 0.25) is 0 Å². The van der Waals surface area contributed by atoms with E-state index < -0.39 is 0 Å². The molecule has 0 atom stereocenters. The van der Waals surface area contributed by atoms with Gasteiger partial charge < -0.3 is 24.1 Å². The van der Waals surface area contributed by atoms with Crippen molar-refractivity contribution in [3.8, 4) is 17.2 Å². The van der Waals surface area contributed by atoms with Gasteiger partial charge in [0.1, 0.15) is 19.0 Å². The van der Waals surface area contributed by atoms with E-state index in [0.717, 1.165) is 5.56 Å². The third-order valence-corrected chi connectivity index (χ3v) is 4.59. The minimum atomic E-state index is -0.343. The first-order chi connectivity index (χ1) is 14.5. The van der Waals surface area contributed by atoms with Crippen molar-refractivity contribution in [2.24, 2.45) is 0 Å². The molecule has 0 saturated heterocycles. The smallest absolute Gasteiger partial charge is 0.244 e. The predicted molar refractivity (Wildman–Crippen MR) is 107 cm³/mol. The van der Waals surface area contributed by atoms with E-state index in [2.05, 4.69) is 5.32 Å². The van der Waals surface area contributed by atoms with E-state index in [-0.39, 0.29) is 42.8 Å². The van der Waals surface area contributed by atoms with E-state index in [1.807, 2.05) is 0 Å². The Balaban J connectivity index is 1.44. The first kappa shape index (κ1) is 19.5. The molecule has 0 aliphatic carbocycles. The van der Waals surface area contributed by atoms with Crippen LogP contribution >= 0.6 is 0 Å². The van der Waals surface area contributed by atoms with Crippen LogP contribution in [0.4, 0.5) is 10.1 Å². The molecule has 4 rings (SSSR count). The quantitative estimate of drug-likeness (QED) is 0.675. The molecule has 1 aliphatic rings. The fraction of sp³-hybridized carbons (Fsp3) is 0.182. The number of aryl methyl sites for hydroxylation is 1. The molecule has 0 saturated carbocycles. The van der Waals surface area contributed by atoms with Crippen LogP contribution in [0.1, 0.15) is 11.3 Å². The minimum Gasteiger partial charge on any atom is -0.483 e. The lowest BCUT2D eigenvalue weighted by Crippen LogP contribution is -2.22. The largest absolute Gasteiger partial charge is 0.483 e. The normalized spacial score (nSPS) is 11.9. The second-order valence-corrected chi connectivity index (χ2v) is 6.80. The van der Waals surface area contributed by atoms with Crippen LogP contribution in [0.15, 0.2) is 59.5 Å². The number of nitrogens with zero attached hydrogens (tertiary/aromatic N) is 1. The zero-order valence-electron chi connectivity index (χ0n) is 16.2. The van der Waals surface area contributed by atoms with E-state index in [4.69, 9.17) is 14.2 Å². The highest BCUT2D eigenvalue weighted by Crippen LogP contribution is 2.34. The molecule has 0 bridgehead atoms. The molecule has 1 N–H and O–H groups in total. The molecule has 1 aromatic heterocycles. The number of halogens is 1. The summed E-state index contributed by atoms with van der Waals surface area (Å²) >= 11 is 0. The van der Waals surface area contributed by atoms with Gasteiger partial charge in [-0.1, -0.05) is 12.1 Å². The Bertz CT molecular complexity index is 1140. The second kappa shape index (κ2) is 8.28. The lowest BCUT2D eigenvalue weighted by atomic mass is 10.2. The van der Waals surface area contributed by atoms with Gasteiger partial charge in [0.15, 0.2) is 17.2 Å². The molecule has 154 valence electrons. The third-order valence-electron chi connectivity index (χ3n) is 4.59. The molecule has 3 aromatic rings. The number of hydrogen-bond acceptors (Lipinski definition) is 5. The van der Waals surface area contributed by atoms with E-state index in [9.17, 15) is 14.0 Å². The van der Waals surface area contributed by atoms with Crippen LogP contribution in [0.5, 0.6) is 17.2 Å². The van der Waals surface area contributed by atoms with Gasteiger partial charge in [0.25, 0.3) is 0 Å². The first-order valence-corrected chi connectivity index (χ1v) is 9.26. The van der Waals surface area contributed by atoms with E-state index in [1.54, 1.807) is 41.8 Å². The van der Waals surface area contributed by atoms with Crippen molar-refractivity contribution >= 4 is 11.6 Å². The van der Waals surface area contributed by atoms with Gasteiger partial charge in [-0.3, -0.25) is 9.59 Å². The summed E-state index contributed by atoms with van der Waals surface area (Å²) < 4.78 is 30.8. The summed E-state index contributed by atoms with van der Waals surface area (Å²) in [6, 6.07) is 12.4. The Morgan fingerprint density at radius 1 is 1.13 bits per heavy atom. The summed E-state index contributed by atoms with van der Waals surface area (Å²) in [5, 5.41) is 2.79. The summed E-state index contributed by atoms with van der Waals surface area (Å²) in [7, 11) is 0. The van der Waals surface area contributed by atoms with Gasteiger partial charge in [-0.15, -0.1) is 0 Å². The monoisotopic (exact) mass is 410 g/mol. The third kappa shape index (κ3) is 4.43. The minimum absolute atomic E-state index is 0.00648. The van der Waals surface area contributed by atoms with Gasteiger partial charge >= 0.3 is 0 Å². The second-order valence-electron chi connectivity index (χ2n) is 6.80. The molecule has 30 heavy (non-hydrogen) atoms. The van der Waals surface area contributed by atoms with Crippen LogP contribution in [-0.4, -0.2) is 17.3 Å². The number of fused-ring (bicyclic) bond motifs is 1. The zero-order valence-corrected chi connectivity index (χ0v) is 16.2. The maximum absolute atomic E-state index is 13.0. The average molecular weight is 410 g/mol. The summed E-state index contributed by atoms with van der Waals surface area (Å²) in [5.74, 6) is 0.701. The van der Waals surface area contributed by atoms with Gasteiger partial charge in [0, 0.05) is 23.5 Å². The summed E-state index contributed by atoms with van der Waals surface area (Å²) in [4.78, 5) is 24.7. The number of nitrogens with one attached hydrogen (secondary N) is 1. The fourth-order valence-electron chi connectivity index (χ4n) is 3.00. The Hall–Kier alpha value is -3.81. The average Bonchev–Trinajstić information content (AvgIpc) is 3.18. The molecule has 1 aliphatic heterocycles. The van der Waals surface area contributed by atoms with Crippen molar-refractivity contribution in [1.29, 1.82) is 0 Å². The number of carbonyl (C=O) groups excluding carboxylic acids is 1. The molecule has 1 amide bonds. The molecule has 2 heterocycles. The van der Waals surface area contributed by atoms with Gasteiger partial charge in [-0.05, 0) is 36.8 Å². The molecule has 0 radical (unpaired) electrons. The van der Waals surface area contributed by atoms with Crippen LogP contribution in [0.25, 0.3) is 0 Å². The Labute approximate surface area is 171 Å². The van der Waals surface area contributed by atoms with Crippen LogP contribution in [-0.2, 0) is 17.9 Å². The zero-order chi connectivity index (χ0) is 21.1. The highest BCUT2D eigenvalue weighted by molar-refractivity contribution is 5.91. The van der Waals surface area contributed by atoms with Gasteiger partial charge in [0.05, 0.1) is 6.20 Å². The Kier molecular flexibility index (Phi) is 5.38. The van der Waals surface area contributed by atoms with Crippen molar-refractivity contribution in [2.45, 2.75) is 20.1 Å². The van der Waals surface area contributed by atoms with Gasteiger partial charge in [-0.2, -0.15) is 0 Å². The van der Waals surface area contributed by atoms with Crippen molar-refractivity contribution in [2.75, 3.05) is 12.1 Å². The molecule has 7 nitrogen and oxygen atoms in total. The van der Waals surface area contributed by atoms with E-state index in [1.165, 1.54) is 24.4 Å². The van der Waals surface area contributed by atoms with E-state index >= 15 is 0 Å². The number of anilines is 1. The SMILES string of the molecule is Cc1cc(=O)c(OCc2ccc(F)cc2)cn1CC(=O)Nc1ccc2c(c1)OCO2. The highest BCUT2D eigenvalue weighted by Gasteiger charge is 2.15. The summed E-state index contributed by atoms with van der Waals surface area (Å²) in [5.41, 5.74) is 1.64. The molecule has 0 fully saturated rings. The number of benzene rings is 2. The predicted octanol–water partition coefficient (Wildman–Crippen LogP) is 3.24. The molecular weight excluding hydrogens is 391 g/mol. The number of aromatic nitrogens is 1. The standard InChI is InChI=1S/C22H19FN2O5/c1-14-8-18(26)21(28-12-15-2-4-16(23)5-3-15)10-25(14)11-22(27)24-17-6-7-19-20(9-17)30-13-29-19/h2-10H,11-13H2,1H3,(H,24,27). The van der Waals surface area contributed by atoms with Crippen LogP contribution in [0, 0.1) is 12.7 Å². The molecule has 0 spiro atoms. The number of rotatable bonds is 6. The fourth-order valence-corrected chi connectivity index (χ4v) is 3.00.